The van der Waals surface area contributed by atoms with Crippen LogP contribution in [0.5, 0.6) is 0 Å². The molecule has 1 saturated heterocycles. The van der Waals surface area contributed by atoms with Gasteiger partial charge >= 0.3 is 0 Å². The van der Waals surface area contributed by atoms with Crippen LogP contribution < -0.4 is 10.6 Å². The summed E-state index contributed by atoms with van der Waals surface area (Å²) in [6.45, 7) is 1.43. The van der Waals surface area contributed by atoms with Gasteiger partial charge in [-0.05, 0) is 12.1 Å². The molecule has 2 heterocycles. The Morgan fingerprint density at radius 2 is 2.00 bits per heavy atom. The van der Waals surface area contributed by atoms with Crippen LogP contribution in [0.4, 0.5) is 11.5 Å². The van der Waals surface area contributed by atoms with Crippen LogP contribution in [-0.4, -0.2) is 38.1 Å². The Bertz CT molecular complexity index is 327. The van der Waals surface area contributed by atoms with Crippen molar-refractivity contribution in [1.29, 1.82) is 0 Å². The minimum Gasteiger partial charge on any atom is -0.384 e. The Balaban J connectivity index is 2.02. The van der Waals surface area contributed by atoms with Crippen LogP contribution in [0.15, 0.2) is 18.3 Å². The lowest BCUT2D eigenvalue weighted by Crippen LogP contribution is -2.64. The number of pyridine rings is 1. The van der Waals surface area contributed by atoms with E-state index in [4.69, 9.17) is 15.2 Å². The molecule has 0 atom stereocenters. The Morgan fingerprint density at radius 1 is 1.33 bits per heavy atom. The van der Waals surface area contributed by atoms with E-state index >= 15 is 0 Å². The largest absolute Gasteiger partial charge is 0.384 e. The average Bonchev–Trinajstić information content (AvgIpc) is 2.20. The minimum atomic E-state index is -0.457. The van der Waals surface area contributed by atoms with Gasteiger partial charge in [0.25, 0.3) is 0 Å². The number of aromatic nitrogens is 1. The van der Waals surface area contributed by atoms with E-state index in [1.807, 2.05) is 6.07 Å². The summed E-state index contributed by atoms with van der Waals surface area (Å²) >= 11 is 0. The molecule has 1 fully saturated rings. The Kier molecular flexibility index (Phi) is 2.50. The highest BCUT2D eigenvalue weighted by Crippen LogP contribution is 2.30. The van der Waals surface area contributed by atoms with Gasteiger partial charge < -0.3 is 20.1 Å². The smallest absolute Gasteiger partial charge is 0.203 e. The van der Waals surface area contributed by atoms with E-state index in [0.717, 1.165) is 5.69 Å². The number of ether oxygens (including phenoxy) is 2. The van der Waals surface area contributed by atoms with E-state index in [1.54, 1.807) is 26.5 Å². The Morgan fingerprint density at radius 3 is 2.47 bits per heavy atom. The van der Waals surface area contributed by atoms with E-state index < -0.39 is 5.79 Å². The van der Waals surface area contributed by atoms with Crippen LogP contribution in [0.1, 0.15) is 0 Å². The molecule has 2 N–H and O–H groups in total. The van der Waals surface area contributed by atoms with E-state index in [9.17, 15) is 0 Å². The maximum atomic E-state index is 5.51. The van der Waals surface area contributed by atoms with Gasteiger partial charge in [0.05, 0.1) is 25.0 Å². The molecule has 0 unspecified atom stereocenters. The Labute approximate surface area is 88.8 Å². The molecule has 1 aliphatic heterocycles. The first kappa shape index (κ1) is 10.2. The van der Waals surface area contributed by atoms with E-state index in [0.29, 0.717) is 18.9 Å². The zero-order chi connectivity index (χ0) is 10.9. The van der Waals surface area contributed by atoms with Gasteiger partial charge in [0.1, 0.15) is 5.82 Å². The van der Waals surface area contributed by atoms with Crippen molar-refractivity contribution in [3.63, 3.8) is 0 Å². The minimum absolute atomic E-state index is 0.457. The van der Waals surface area contributed by atoms with Crippen molar-refractivity contribution in [2.75, 3.05) is 37.9 Å². The van der Waals surface area contributed by atoms with Crippen molar-refractivity contribution in [1.82, 2.24) is 4.98 Å². The zero-order valence-corrected chi connectivity index (χ0v) is 8.93. The summed E-state index contributed by atoms with van der Waals surface area (Å²) in [6, 6.07) is 3.73. The molecule has 5 heteroatoms. The third-order valence-corrected chi connectivity index (χ3v) is 2.74. The molecule has 1 aromatic rings. The third kappa shape index (κ3) is 1.75. The molecule has 82 valence electrons. The van der Waals surface area contributed by atoms with Crippen molar-refractivity contribution >= 4 is 11.5 Å². The molecule has 1 aromatic heterocycles. The molecule has 2 rings (SSSR count). The molecule has 0 amide bonds. The highest BCUT2D eigenvalue weighted by molar-refractivity contribution is 5.51. The van der Waals surface area contributed by atoms with Crippen LogP contribution >= 0.6 is 0 Å². The lowest BCUT2D eigenvalue weighted by atomic mass is 10.1. The van der Waals surface area contributed by atoms with Gasteiger partial charge in [-0.3, -0.25) is 0 Å². The van der Waals surface area contributed by atoms with Gasteiger partial charge in [0.15, 0.2) is 0 Å². The predicted molar refractivity (Wildman–Crippen MR) is 57.6 cm³/mol. The van der Waals surface area contributed by atoms with Gasteiger partial charge in [-0.15, -0.1) is 0 Å². The van der Waals surface area contributed by atoms with E-state index in [1.165, 1.54) is 0 Å². The molecule has 0 saturated carbocycles. The average molecular weight is 209 g/mol. The normalized spacial score (nSPS) is 18.7. The Hall–Kier alpha value is -1.33. The molecule has 0 aliphatic carbocycles. The van der Waals surface area contributed by atoms with Gasteiger partial charge in [-0.25, -0.2) is 4.98 Å². The number of hydrogen-bond acceptors (Lipinski definition) is 5. The molecule has 0 bridgehead atoms. The van der Waals surface area contributed by atoms with E-state index in [-0.39, 0.29) is 0 Å². The maximum Gasteiger partial charge on any atom is 0.203 e. The standard InChI is InChI=1S/C10H15N3O2/c1-14-10(15-2)6-13(7-10)8-3-4-9(11)12-5-8/h3-5H,6-7H2,1-2H3,(H2,11,12). The number of hydrogen-bond donors (Lipinski definition) is 1. The first-order valence-electron chi connectivity index (χ1n) is 4.76. The van der Waals surface area contributed by atoms with Crippen LogP contribution in [0.2, 0.25) is 0 Å². The number of methoxy groups -OCH3 is 2. The molecule has 0 aromatic carbocycles. The van der Waals surface area contributed by atoms with Gasteiger partial charge in [-0.2, -0.15) is 0 Å². The lowest BCUT2D eigenvalue weighted by molar-refractivity contribution is -0.219. The summed E-state index contributed by atoms with van der Waals surface area (Å²) < 4.78 is 10.6. The summed E-state index contributed by atoms with van der Waals surface area (Å²) in [5.74, 6) is 0.0745. The molecule has 0 radical (unpaired) electrons. The molecular weight excluding hydrogens is 194 g/mol. The lowest BCUT2D eigenvalue weighted by Gasteiger charge is -2.48. The van der Waals surface area contributed by atoms with Gasteiger partial charge in [-0.1, -0.05) is 0 Å². The van der Waals surface area contributed by atoms with Crippen molar-refractivity contribution in [3.8, 4) is 0 Å². The predicted octanol–water partition coefficient (Wildman–Crippen LogP) is 0.473. The number of nitrogen functional groups attached to an aromatic ring is 1. The van der Waals surface area contributed by atoms with Crippen LogP contribution in [0.3, 0.4) is 0 Å². The molecule has 1 aliphatic rings. The second-order valence-corrected chi connectivity index (χ2v) is 3.62. The summed E-state index contributed by atoms with van der Waals surface area (Å²) in [5.41, 5.74) is 6.55. The zero-order valence-electron chi connectivity index (χ0n) is 8.93. The first-order valence-corrected chi connectivity index (χ1v) is 4.76. The fourth-order valence-electron chi connectivity index (χ4n) is 1.64. The fourth-order valence-corrected chi connectivity index (χ4v) is 1.64. The molecule has 0 spiro atoms. The number of anilines is 2. The number of nitrogens with zero attached hydrogens (tertiary/aromatic N) is 2. The fraction of sp³-hybridized carbons (Fsp3) is 0.500. The highest BCUT2D eigenvalue weighted by atomic mass is 16.7. The number of rotatable bonds is 3. The summed E-state index contributed by atoms with van der Waals surface area (Å²) in [5, 5.41) is 0. The molecular formula is C10H15N3O2. The second kappa shape index (κ2) is 3.67. The highest BCUT2D eigenvalue weighted by Gasteiger charge is 2.43. The molecule has 5 nitrogen and oxygen atoms in total. The summed E-state index contributed by atoms with van der Waals surface area (Å²) in [7, 11) is 3.31. The molecule has 15 heavy (non-hydrogen) atoms. The second-order valence-electron chi connectivity index (χ2n) is 3.62. The third-order valence-electron chi connectivity index (χ3n) is 2.74. The van der Waals surface area contributed by atoms with Crippen LogP contribution in [-0.2, 0) is 9.47 Å². The van der Waals surface area contributed by atoms with Crippen molar-refractivity contribution in [2.45, 2.75) is 5.79 Å². The topological polar surface area (TPSA) is 60.6 Å². The quantitative estimate of drug-likeness (QED) is 0.733. The van der Waals surface area contributed by atoms with E-state index in [2.05, 4.69) is 9.88 Å². The van der Waals surface area contributed by atoms with Crippen molar-refractivity contribution in [2.24, 2.45) is 0 Å². The number of nitrogens with two attached hydrogens (primary N) is 1. The van der Waals surface area contributed by atoms with Crippen LogP contribution in [0, 0.1) is 0 Å². The van der Waals surface area contributed by atoms with Gasteiger partial charge in [0.2, 0.25) is 5.79 Å². The van der Waals surface area contributed by atoms with Crippen molar-refractivity contribution < 1.29 is 9.47 Å². The SMILES string of the molecule is COC1(OC)CN(c2ccc(N)nc2)C1. The van der Waals surface area contributed by atoms with Crippen LogP contribution in [0.25, 0.3) is 0 Å². The summed E-state index contributed by atoms with van der Waals surface area (Å²) in [4.78, 5) is 6.16. The first-order chi connectivity index (χ1) is 7.19. The monoisotopic (exact) mass is 209 g/mol. The van der Waals surface area contributed by atoms with Crippen molar-refractivity contribution in [3.05, 3.63) is 18.3 Å². The summed E-state index contributed by atoms with van der Waals surface area (Å²) in [6.07, 6.45) is 1.75. The maximum absolute atomic E-state index is 5.51. The van der Waals surface area contributed by atoms with Gasteiger partial charge in [0, 0.05) is 14.2 Å².